The van der Waals surface area contributed by atoms with E-state index >= 15 is 0 Å². The van der Waals surface area contributed by atoms with Gasteiger partial charge < -0.3 is 21.1 Å². The fraction of sp³-hybridized carbons (Fsp3) is 0.476. The Bertz CT molecular complexity index is 870. The van der Waals surface area contributed by atoms with Crippen molar-refractivity contribution in [2.45, 2.75) is 57.7 Å². The van der Waals surface area contributed by atoms with Gasteiger partial charge in [0.2, 0.25) is 11.8 Å². The van der Waals surface area contributed by atoms with Crippen LogP contribution >= 0.6 is 35.3 Å². The number of hydrogen-bond donors (Lipinski definition) is 4. The predicted molar refractivity (Wildman–Crippen MR) is 126 cm³/mol. The lowest BCUT2D eigenvalue weighted by atomic mass is 9.98. The number of nitrogens with one attached hydrogen (secondary N) is 3. The normalized spacial score (nSPS) is 16.8. The number of benzene rings is 1. The molecular formula is C21H28Cl2N4O3S. The Labute approximate surface area is 197 Å². The zero-order valence-electron chi connectivity index (χ0n) is 17.3. The third-order valence-electron chi connectivity index (χ3n) is 5.09. The van der Waals surface area contributed by atoms with Crippen LogP contribution in [0.25, 0.3) is 0 Å². The molecular weight excluding hydrogens is 459 g/mol. The lowest BCUT2D eigenvalue weighted by Gasteiger charge is -2.30. The molecule has 3 rings (SSSR count). The Morgan fingerprint density at radius 1 is 1.26 bits per heavy atom. The summed E-state index contributed by atoms with van der Waals surface area (Å²) in [7, 11) is 0. The Kier molecular flexibility index (Phi) is 10.2. The second-order valence-corrected chi connectivity index (χ2v) is 8.93. The predicted octanol–water partition coefficient (Wildman–Crippen LogP) is 3.74. The van der Waals surface area contributed by atoms with Crippen molar-refractivity contribution in [3.8, 4) is 0 Å². The number of piperidine rings is 1. The highest BCUT2D eigenvalue weighted by atomic mass is 35.5. The van der Waals surface area contributed by atoms with Gasteiger partial charge in [-0.15, -0.1) is 23.7 Å². The Hall–Kier alpha value is -1.71. The number of nitrogens with zero attached hydrogens (tertiary/aromatic N) is 1. The Balaban J connectivity index is 0.00000341. The number of aryl methyl sites for hydroxylation is 1. The summed E-state index contributed by atoms with van der Waals surface area (Å²) >= 11 is 7.27. The molecule has 1 fully saturated rings. The molecule has 2 aromatic rings. The monoisotopic (exact) mass is 486 g/mol. The number of rotatable bonds is 8. The van der Waals surface area contributed by atoms with Crippen molar-refractivity contribution < 1.29 is 14.7 Å². The SMILES string of the molecule is Cc1nc(C(NC(=O)CCC(=O)Nc2ccc(Cl)cc2)C2CCCCN2)sc1CO.Cl. The average Bonchev–Trinajstić information content (AvgIpc) is 3.13. The van der Waals surface area contributed by atoms with Gasteiger partial charge >= 0.3 is 0 Å². The molecule has 4 N–H and O–H groups in total. The standard InChI is InChI=1S/C21H27ClN4O3S.ClH/c1-13-17(12-27)30-21(24-13)20(16-4-2-3-11-23-16)26-19(29)10-9-18(28)25-15-7-5-14(22)6-8-15;/h5-8,16,20,23,27H,2-4,9-12H2,1H3,(H,25,28)(H,26,29);1H. The molecule has 2 atom stereocenters. The molecule has 10 heteroatoms. The fourth-order valence-electron chi connectivity index (χ4n) is 3.46. The minimum absolute atomic E-state index is 0. The van der Waals surface area contributed by atoms with E-state index in [0.717, 1.165) is 41.4 Å². The van der Waals surface area contributed by atoms with Crippen molar-refractivity contribution in [3.63, 3.8) is 0 Å². The van der Waals surface area contributed by atoms with E-state index in [1.165, 1.54) is 11.3 Å². The van der Waals surface area contributed by atoms with Crippen LogP contribution in [0.1, 0.15) is 53.7 Å². The van der Waals surface area contributed by atoms with Gasteiger partial charge in [-0.1, -0.05) is 18.0 Å². The number of anilines is 1. The molecule has 2 amide bonds. The van der Waals surface area contributed by atoms with Gasteiger partial charge in [-0.3, -0.25) is 9.59 Å². The molecule has 7 nitrogen and oxygen atoms in total. The molecule has 1 aliphatic rings. The number of halogens is 2. The van der Waals surface area contributed by atoms with Crippen LogP contribution in [0.2, 0.25) is 5.02 Å². The van der Waals surface area contributed by atoms with Gasteiger partial charge in [0.1, 0.15) is 5.01 Å². The zero-order valence-corrected chi connectivity index (χ0v) is 19.7. The lowest BCUT2D eigenvalue weighted by molar-refractivity contribution is -0.125. The van der Waals surface area contributed by atoms with Gasteiger partial charge in [-0.05, 0) is 50.6 Å². The van der Waals surface area contributed by atoms with Crippen LogP contribution in [-0.2, 0) is 16.2 Å². The second kappa shape index (κ2) is 12.4. The Morgan fingerprint density at radius 3 is 2.58 bits per heavy atom. The van der Waals surface area contributed by atoms with E-state index < -0.39 is 0 Å². The highest BCUT2D eigenvalue weighted by molar-refractivity contribution is 7.11. The van der Waals surface area contributed by atoms with Crippen molar-refractivity contribution in [2.75, 3.05) is 11.9 Å². The van der Waals surface area contributed by atoms with Crippen LogP contribution < -0.4 is 16.0 Å². The summed E-state index contributed by atoms with van der Waals surface area (Å²) in [5.41, 5.74) is 1.43. The summed E-state index contributed by atoms with van der Waals surface area (Å²) in [6.45, 7) is 2.70. The van der Waals surface area contributed by atoms with Gasteiger partial charge in [-0.2, -0.15) is 0 Å². The topological polar surface area (TPSA) is 103 Å². The number of aliphatic hydroxyl groups excluding tert-OH is 1. The second-order valence-electron chi connectivity index (χ2n) is 7.38. The van der Waals surface area contributed by atoms with Crippen molar-refractivity contribution in [1.29, 1.82) is 0 Å². The van der Waals surface area contributed by atoms with E-state index in [4.69, 9.17) is 11.6 Å². The zero-order chi connectivity index (χ0) is 21.5. The lowest BCUT2D eigenvalue weighted by Crippen LogP contribution is -2.46. The third-order valence-corrected chi connectivity index (χ3v) is 6.57. The molecule has 2 heterocycles. The maximum Gasteiger partial charge on any atom is 0.224 e. The largest absolute Gasteiger partial charge is 0.391 e. The van der Waals surface area contributed by atoms with Gasteiger partial charge in [0, 0.05) is 29.6 Å². The van der Waals surface area contributed by atoms with Gasteiger partial charge in [0.15, 0.2) is 0 Å². The number of aliphatic hydroxyl groups is 1. The van der Waals surface area contributed by atoms with E-state index in [2.05, 4.69) is 20.9 Å². The van der Waals surface area contributed by atoms with E-state index in [-0.39, 0.29) is 55.8 Å². The first-order valence-electron chi connectivity index (χ1n) is 10.1. The first-order valence-corrected chi connectivity index (χ1v) is 11.3. The molecule has 1 aromatic carbocycles. The number of amides is 2. The molecule has 1 aromatic heterocycles. The Morgan fingerprint density at radius 2 is 1.97 bits per heavy atom. The van der Waals surface area contributed by atoms with E-state index in [1.54, 1.807) is 24.3 Å². The van der Waals surface area contributed by atoms with Gasteiger partial charge in [0.25, 0.3) is 0 Å². The smallest absolute Gasteiger partial charge is 0.224 e. The molecule has 2 unspecified atom stereocenters. The fourth-order valence-corrected chi connectivity index (χ4v) is 4.63. The summed E-state index contributed by atoms with van der Waals surface area (Å²) in [5.74, 6) is -0.426. The quantitative estimate of drug-likeness (QED) is 0.454. The van der Waals surface area contributed by atoms with Crippen LogP contribution in [0.5, 0.6) is 0 Å². The number of hydrogen-bond acceptors (Lipinski definition) is 6. The molecule has 0 saturated carbocycles. The van der Waals surface area contributed by atoms with Crippen LogP contribution in [0.3, 0.4) is 0 Å². The molecule has 170 valence electrons. The molecule has 0 aliphatic carbocycles. The van der Waals surface area contributed by atoms with Gasteiger partial charge in [0.05, 0.1) is 23.2 Å². The van der Waals surface area contributed by atoms with Crippen LogP contribution in [0.15, 0.2) is 24.3 Å². The minimum atomic E-state index is -0.277. The maximum atomic E-state index is 12.6. The highest BCUT2D eigenvalue weighted by Gasteiger charge is 2.29. The third kappa shape index (κ3) is 7.43. The van der Waals surface area contributed by atoms with E-state index in [0.29, 0.717) is 10.7 Å². The van der Waals surface area contributed by atoms with Crippen LogP contribution in [0, 0.1) is 6.92 Å². The van der Waals surface area contributed by atoms with E-state index in [1.807, 2.05) is 6.92 Å². The molecule has 1 aliphatic heterocycles. The van der Waals surface area contributed by atoms with Gasteiger partial charge in [-0.25, -0.2) is 4.98 Å². The summed E-state index contributed by atoms with van der Waals surface area (Å²) in [6, 6.07) is 6.64. The van der Waals surface area contributed by atoms with Crippen molar-refractivity contribution in [1.82, 2.24) is 15.6 Å². The molecule has 0 radical (unpaired) electrons. The first-order chi connectivity index (χ1) is 14.5. The first kappa shape index (κ1) is 25.5. The number of aromatic nitrogens is 1. The van der Waals surface area contributed by atoms with Crippen LogP contribution in [0.4, 0.5) is 5.69 Å². The van der Waals surface area contributed by atoms with Crippen LogP contribution in [-0.4, -0.2) is 34.5 Å². The highest BCUT2D eigenvalue weighted by Crippen LogP contribution is 2.29. The number of carbonyl (C=O) groups excluding carboxylic acids is 2. The molecule has 0 spiro atoms. The summed E-state index contributed by atoms with van der Waals surface area (Å²) in [5, 5.41) is 20.2. The number of thiazole rings is 1. The summed E-state index contributed by atoms with van der Waals surface area (Å²) < 4.78 is 0. The van der Waals surface area contributed by atoms with Crippen molar-refractivity contribution in [2.24, 2.45) is 0 Å². The maximum absolute atomic E-state index is 12.6. The van der Waals surface area contributed by atoms with E-state index in [9.17, 15) is 14.7 Å². The summed E-state index contributed by atoms with van der Waals surface area (Å²) in [4.78, 5) is 30.2. The molecule has 31 heavy (non-hydrogen) atoms. The minimum Gasteiger partial charge on any atom is -0.391 e. The van der Waals surface area contributed by atoms with Crippen molar-refractivity contribution >= 4 is 52.8 Å². The molecule has 1 saturated heterocycles. The average molecular weight is 487 g/mol. The molecule has 0 bridgehead atoms. The number of carbonyl (C=O) groups is 2. The summed E-state index contributed by atoms with van der Waals surface area (Å²) in [6.07, 6.45) is 3.30. The van der Waals surface area contributed by atoms with Crippen molar-refractivity contribution in [3.05, 3.63) is 44.9 Å².